The van der Waals surface area contributed by atoms with Crippen LogP contribution in [0, 0.1) is 13.8 Å². The zero-order chi connectivity index (χ0) is 15.2. The molecule has 21 heavy (non-hydrogen) atoms. The van der Waals surface area contributed by atoms with Crippen LogP contribution in [0.2, 0.25) is 0 Å². The van der Waals surface area contributed by atoms with Crippen molar-refractivity contribution >= 4 is 11.6 Å². The molecular weight excluding hydrogens is 266 g/mol. The lowest BCUT2D eigenvalue weighted by Gasteiger charge is -2.09. The minimum atomic E-state index is -0.196. The summed E-state index contributed by atoms with van der Waals surface area (Å²) < 4.78 is 10.5. The molecule has 4 heteroatoms. The Labute approximate surface area is 124 Å². The van der Waals surface area contributed by atoms with Gasteiger partial charge in [0.2, 0.25) is 0 Å². The molecule has 0 spiro atoms. The van der Waals surface area contributed by atoms with E-state index in [-0.39, 0.29) is 12.5 Å². The van der Waals surface area contributed by atoms with Crippen LogP contribution in [-0.2, 0) is 4.79 Å². The number of nitrogens with one attached hydrogen (secondary N) is 1. The number of carbonyl (C=O) groups is 1. The van der Waals surface area contributed by atoms with Gasteiger partial charge in [0.1, 0.15) is 11.5 Å². The number of amides is 1. The van der Waals surface area contributed by atoms with Crippen LogP contribution in [0.3, 0.4) is 0 Å². The molecule has 2 rings (SSSR count). The number of aryl methyl sites for hydroxylation is 2. The third-order valence-corrected chi connectivity index (χ3v) is 3.22. The number of carbonyl (C=O) groups excluding carboxylic acids is 1. The Morgan fingerprint density at radius 2 is 1.67 bits per heavy atom. The molecule has 0 atom stereocenters. The summed E-state index contributed by atoms with van der Waals surface area (Å²) in [6, 6.07) is 12.9. The third-order valence-electron chi connectivity index (χ3n) is 3.22. The highest BCUT2D eigenvalue weighted by Gasteiger charge is 2.04. The van der Waals surface area contributed by atoms with Gasteiger partial charge in [0.25, 0.3) is 5.91 Å². The Kier molecular flexibility index (Phi) is 4.82. The average Bonchev–Trinajstić information content (AvgIpc) is 2.49. The normalized spacial score (nSPS) is 10.0. The van der Waals surface area contributed by atoms with Gasteiger partial charge in [-0.05, 0) is 61.4 Å². The SMILES string of the molecule is COc1ccc(NC(=O)COc2ccc(C)c(C)c2)cc1. The average molecular weight is 285 g/mol. The molecule has 0 saturated heterocycles. The van der Waals surface area contributed by atoms with E-state index in [2.05, 4.69) is 5.32 Å². The van der Waals surface area contributed by atoms with Crippen molar-refractivity contribution in [2.45, 2.75) is 13.8 Å². The second-order valence-electron chi connectivity index (χ2n) is 4.81. The molecule has 0 aliphatic rings. The third kappa shape index (κ3) is 4.24. The monoisotopic (exact) mass is 285 g/mol. The minimum Gasteiger partial charge on any atom is -0.497 e. The fourth-order valence-electron chi connectivity index (χ4n) is 1.82. The molecular formula is C17H19NO3. The molecule has 0 saturated carbocycles. The first-order valence-electron chi connectivity index (χ1n) is 6.72. The van der Waals surface area contributed by atoms with Gasteiger partial charge in [0.15, 0.2) is 6.61 Å². The molecule has 0 heterocycles. The van der Waals surface area contributed by atoms with Crippen LogP contribution < -0.4 is 14.8 Å². The predicted octanol–water partition coefficient (Wildman–Crippen LogP) is 3.33. The van der Waals surface area contributed by atoms with Gasteiger partial charge in [-0.1, -0.05) is 6.07 Å². The molecule has 0 aliphatic heterocycles. The van der Waals surface area contributed by atoms with Gasteiger partial charge in [-0.15, -0.1) is 0 Å². The Hall–Kier alpha value is -2.49. The summed E-state index contributed by atoms with van der Waals surface area (Å²) in [7, 11) is 1.60. The number of methoxy groups -OCH3 is 1. The summed E-state index contributed by atoms with van der Waals surface area (Å²) in [5.41, 5.74) is 3.05. The van der Waals surface area contributed by atoms with Crippen LogP contribution in [0.4, 0.5) is 5.69 Å². The lowest BCUT2D eigenvalue weighted by atomic mass is 10.1. The van der Waals surface area contributed by atoms with Crippen molar-refractivity contribution in [1.29, 1.82) is 0 Å². The number of rotatable bonds is 5. The highest BCUT2D eigenvalue weighted by atomic mass is 16.5. The molecule has 4 nitrogen and oxygen atoms in total. The van der Waals surface area contributed by atoms with E-state index in [1.54, 1.807) is 31.4 Å². The quantitative estimate of drug-likeness (QED) is 0.916. The molecule has 1 N–H and O–H groups in total. The standard InChI is InChI=1S/C17H19NO3/c1-12-4-7-16(10-13(12)2)21-11-17(19)18-14-5-8-15(20-3)9-6-14/h4-10H,11H2,1-3H3,(H,18,19). The first kappa shape index (κ1) is 14.9. The Morgan fingerprint density at radius 1 is 1.00 bits per heavy atom. The van der Waals surface area contributed by atoms with E-state index in [1.807, 2.05) is 32.0 Å². The van der Waals surface area contributed by atoms with Crippen molar-refractivity contribution in [3.05, 3.63) is 53.6 Å². The van der Waals surface area contributed by atoms with Gasteiger partial charge < -0.3 is 14.8 Å². The van der Waals surface area contributed by atoms with E-state index >= 15 is 0 Å². The highest BCUT2D eigenvalue weighted by Crippen LogP contribution is 2.17. The van der Waals surface area contributed by atoms with Gasteiger partial charge >= 0.3 is 0 Å². The van der Waals surface area contributed by atoms with E-state index in [9.17, 15) is 4.79 Å². The maximum Gasteiger partial charge on any atom is 0.262 e. The second-order valence-corrected chi connectivity index (χ2v) is 4.81. The highest BCUT2D eigenvalue weighted by molar-refractivity contribution is 5.91. The molecule has 0 radical (unpaired) electrons. The number of anilines is 1. The second kappa shape index (κ2) is 6.79. The number of ether oxygens (including phenoxy) is 2. The van der Waals surface area contributed by atoms with Gasteiger partial charge in [-0.3, -0.25) is 4.79 Å². The summed E-state index contributed by atoms with van der Waals surface area (Å²) >= 11 is 0. The predicted molar refractivity (Wildman–Crippen MR) is 83.0 cm³/mol. The zero-order valence-electron chi connectivity index (χ0n) is 12.5. The summed E-state index contributed by atoms with van der Waals surface area (Å²) in [6.45, 7) is 4.03. The zero-order valence-corrected chi connectivity index (χ0v) is 12.5. The van der Waals surface area contributed by atoms with Crippen molar-refractivity contribution in [3.63, 3.8) is 0 Å². The summed E-state index contributed by atoms with van der Waals surface area (Å²) in [5, 5.41) is 2.77. The van der Waals surface area contributed by atoms with Crippen LogP contribution >= 0.6 is 0 Å². The molecule has 110 valence electrons. The maximum atomic E-state index is 11.8. The molecule has 0 fully saturated rings. The lowest BCUT2D eigenvalue weighted by molar-refractivity contribution is -0.118. The van der Waals surface area contributed by atoms with Gasteiger partial charge in [-0.2, -0.15) is 0 Å². The van der Waals surface area contributed by atoms with Gasteiger partial charge in [0.05, 0.1) is 7.11 Å². The van der Waals surface area contributed by atoms with Crippen LogP contribution in [0.15, 0.2) is 42.5 Å². The van der Waals surface area contributed by atoms with Crippen LogP contribution in [0.25, 0.3) is 0 Å². The van der Waals surface area contributed by atoms with E-state index in [4.69, 9.17) is 9.47 Å². The van der Waals surface area contributed by atoms with Crippen molar-refractivity contribution in [2.75, 3.05) is 19.0 Å². The summed E-state index contributed by atoms with van der Waals surface area (Å²) in [6.07, 6.45) is 0. The maximum absolute atomic E-state index is 11.8. The number of benzene rings is 2. The van der Waals surface area contributed by atoms with Crippen LogP contribution in [0.5, 0.6) is 11.5 Å². The molecule has 0 aromatic heterocycles. The van der Waals surface area contributed by atoms with Crippen molar-refractivity contribution < 1.29 is 14.3 Å². The molecule has 0 unspecified atom stereocenters. The van der Waals surface area contributed by atoms with Crippen molar-refractivity contribution in [1.82, 2.24) is 0 Å². The van der Waals surface area contributed by atoms with Gasteiger partial charge in [0, 0.05) is 5.69 Å². The number of hydrogen-bond acceptors (Lipinski definition) is 3. The van der Waals surface area contributed by atoms with E-state index in [0.29, 0.717) is 11.4 Å². The summed E-state index contributed by atoms with van der Waals surface area (Å²) in [5.74, 6) is 1.25. The first-order valence-corrected chi connectivity index (χ1v) is 6.72. The number of hydrogen-bond donors (Lipinski definition) is 1. The van der Waals surface area contributed by atoms with Crippen molar-refractivity contribution in [2.24, 2.45) is 0 Å². The smallest absolute Gasteiger partial charge is 0.262 e. The Balaban J connectivity index is 1.87. The largest absolute Gasteiger partial charge is 0.497 e. The van der Waals surface area contributed by atoms with E-state index in [0.717, 1.165) is 11.3 Å². The molecule has 2 aromatic rings. The molecule has 1 amide bonds. The van der Waals surface area contributed by atoms with Gasteiger partial charge in [-0.25, -0.2) is 0 Å². The van der Waals surface area contributed by atoms with Crippen LogP contribution in [0.1, 0.15) is 11.1 Å². The van der Waals surface area contributed by atoms with Crippen molar-refractivity contribution in [3.8, 4) is 11.5 Å². The molecule has 0 aliphatic carbocycles. The van der Waals surface area contributed by atoms with E-state index in [1.165, 1.54) is 5.56 Å². The Bertz CT molecular complexity index is 620. The first-order chi connectivity index (χ1) is 10.1. The Morgan fingerprint density at radius 3 is 2.29 bits per heavy atom. The molecule has 2 aromatic carbocycles. The topological polar surface area (TPSA) is 47.6 Å². The lowest BCUT2D eigenvalue weighted by Crippen LogP contribution is -2.20. The fourth-order valence-corrected chi connectivity index (χ4v) is 1.82. The summed E-state index contributed by atoms with van der Waals surface area (Å²) in [4.78, 5) is 11.8. The fraction of sp³-hybridized carbons (Fsp3) is 0.235. The minimum absolute atomic E-state index is 0.0193. The van der Waals surface area contributed by atoms with E-state index < -0.39 is 0 Å². The van der Waals surface area contributed by atoms with Crippen LogP contribution in [-0.4, -0.2) is 19.6 Å². The molecule has 0 bridgehead atoms.